The number of nitrogens with one attached hydrogen (secondary N) is 5. The number of nitrogens with zero attached hydrogens (tertiary/aromatic N) is 4. The van der Waals surface area contributed by atoms with Crippen molar-refractivity contribution in [3.8, 4) is 0 Å². The summed E-state index contributed by atoms with van der Waals surface area (Å²) in [7, 11) is 2.93. The normalized spacial score (nSPS) is 14.9. The SMILES string of the molecule is COC(=O)N(C)c1cccc(Nc2nc(Nc3cc(C)[nH]n3)cnc2C(=O)NCC2CCCN2)c1. The van der Waals surface area contributed by atoms with Crippen LogP contribution in [0.2, 0.25) is 0 Å². The highest BCUT2D eigenvalue weighted by molar-refractivity contribution is 5.98. The Morgan fingerprint density at radius 2 is 2.09 bits per heavy atom. The summed E-state index contributed by atoms with van der Waals surface area (Å²) < 4.78 is 4.79. The number of rotatable bonds is 8. The van der Waals surface area contributed by atoms with E-state index in [0.717, 1.165) is 25.1 Å². The summed E-state index contributed by atoms with van der Waals surface area (Å²) in [6.45, 7) is 3.35. The first-order valence-corrected chi connectivity index (χ1v) is 11.3. The van der Waals surface area contributed by atoms with Crippen molar-refractivity contribution in [2.24, 2.45) is 0 Å². The second-order valence-electron chi connectivity index (χ2n) is 8.22. The molecule has 0 radical (unpaired) electrons. The molecule has 3 aromatic rings. The van der Waals surface area contributed by atoms with Crippen LogP contribution in [-0.4, -0.2) is 65.5 Å². The molecule has 0 aliphatic carbocycles. The van der Waals surface area contributed by atoms with Crippen molar-refractivity contribution >= 4 is 40.8 Å². The van der Waals surface area contributed by atoms with Crippen LogP contribution in [0.5, 0.6) is 0 Å². The topological polar surface area (TPSA) is 149 Å². The molecule has 1 aromatic carbocycles. The molecule has 1 unspecified atom stereocenters. The van der Waals surface area contributed by atoms with Crippen LogP contribution < -0.4 is 26.2 Å². The number of hydrogen-bond donors (Lipinski definition) is 5. The molecule has 2 amide bonds. The Balaban J connectivity index is 1.59. The number of hydrogen-bond acceptors (Lipinski definition) is 9. The Hall–Kier alpha value is -4.19. The van der Waals surface area contributed by atoms with E-state index >= 15 is 0 Å². The van der Waals surface area contributed by atoms with Crippen molar-refractivity contribution in [1.82, 2.24) is 30.8 Å². The first-order chi connectivity index (χ1) is 16.9. The van der Waals surface area contributed by atoms with Crippen LogP contribution in [0, 0.1) is 6.92 Å². The van der Waals surface area contributed by atoms with E-state index in [2.05, 4.69) is 41.4 Å². The maximum atomic E-state index is 13.0. The fourth-order valence-corrected chi connectivity index (χ4v) is 3.72. The van der Waals surface area contributed by atoms with Gasteiger partial charge < -0.3 is 26.0 Å². The van der Waals surface area contributed by atoms with E-state index in [-0.39, 0.29) is 23.5 Å². The molecule has 0 spiro atoms. The smallest absolute Gasteiger partial charge is 0.413 e. The highest BCUT2D eigenvalue weighted by Gasteiger charge is 2.20. The van der Waals surface area contributed by atoms with Crippen LogP contribution in [0.4, 0.5) is 33.6 Å². The fourth-order valence-electron chi connectivity index (χ4n) is 3.72. The Kier molecular flexibility index (Phi) is 7.41. The molecule has 12 heteroatoms. The summed E-state index contributed by atoms with van der Waals surface area (Å²) >= 11 is 0. The van der Waals surface area contributed by atoms with Crippen molar-refractivity contribution in [2.45, 2.75) is 25.8 Å². The van der Waals surface area contributed by atoms with E-state index in [1.165, 1.54) is 18.2 Å². The third-order valence-corrected chi connectivity index (χ3v) is 5.57. The van der Waals surface area contributed by atoms with Crippen molar-refractivity contribution in [3.63, 3.8) is 0 Å². The molecule has 0 bridgehead atoms. The molecule has 1 fully saturated rings. The van der Waals surface area contributed by atoms with Crippen LogP contribution in [0.3, 0.4) is 0 Å². The van der Waals surface area contributed by atoms with Crippen LogP contribution in [-0.2, 0) is 4.74 Å². The molecule has 1 atom stereocenters. The van der Waals surface area contributed by atoms with Gasteiger partial charge in [0, 0.05) is 42.8 Å². The van der Waals surface area contributed by atoms with Gasteiger partial charge in [-0.05, 0) is 44.5 Å². The van der Waals surface area contributed by atoms with Crippen LogP contribution in [0.15, 0.2) is 36.5 Å². The summed E-state index contributed by atoms with van der Waals surface area (Å²) in [5.74, 6) is 0.917. The molecular formula is C23H29N9O3. The number of benzene rings is 1. The summed E-state index contributed by atoms with van der Waals surface area (Å²) in [5, 5.41) is 19.6. The van der Waals surface area contributed by atoms with Gasteiger partial charge in [-0.1, -0.05) is 6.07 Å². The van der Waals surface area contributed by atoms with E-state index in [1.54, 1.807) is 31.3 Å². The van der Waals surface area contributed by atoms with Gasteiger partial charge in [-0.25, -0.2) is 14.8 Å². The zero-order valence-electron chi connectivity index (χ0n) is 19.9. The summed E-state index contributed by atoms with van der Waals surface area (Å²) in [4.78, 5) is 35.2. The molecular weight excluding hydrogens is 450 g/mol. The lowest BCUT2D eigenvalue weighted by molar-refractivity contribution is 0.0946. The number of carbonyl (C=O) groups is 2. The highest BCUT2D eigenvalue weighted by atomic mass is 16.5. The van der Waals surface area contributed by atoms with Gasteiger partial charge in [-0.15, -0.1) is 0 Å². The minimum atomic E-state index is -0.497. The van der Waals surface area contributed by atoms with Gasteiger partial charge in [0.2, 0.25) is 0 Å². The second kappa shape index (κ2) is 10.8. The van der Waals surface area contributed by atoms with Gasteiger partial charge in [0.05, 0.1) is 13.3 Å². The van der Waals surface area contributed by atoms with Crippen LogP contribution in [0.1, 0.15) is 29.0 Å². The van der Waals surface area contributed by atoms with E-state index in [9.17, 15) is 9.59 Å². The van der Waals surface area contributed by atoms with Crippen LogP contribution in [0.25, 0.3) is 0 Å². The zero-order valence-corrected chi connectivity index (χ0v) is 19.9. The Morgan fingerprint density at radius 3 is 2.80 bits per heavy atom. The molecule has 4 rings (SSSR count). The summed E-state index contributed by atoms with van der Waals surface area (Å²) in [6.07, 6.45) is 3.10. The van der Waals surface area contributed by atoms with E-state index in [4.69, 9.17) is 4.74 Å². The molecule has 184 valence electrons. The number of methoxy groups -OCH3 is 1. The van der Waals surface area contributed by atoms with Gasteiger partial charge in [0.25, 0.3) is 5.91 Å². The number of amides is 2. The Labute approximate surface area is 202 Å². The predicted octanol–water partition coefficient (Wildman–Crippen LogP) is 2.68. The molecule has 0 saturated carbocycles. The Bertz CT molecular complexity index is 1190. The number of aromatic amines is 1. The minimum Gasteiger partial charge on any atom is -0.452 e. The number of ether oxygens (including phenoxy) is 1. The summed E-state index contributed by atoms with van der Waals surface area (Å²) in [6, 6.07) is 9.18. The lowest BCUT2D eigenvalue weighted by atomic mass is 10.2. The lowest BCUT2D eigenvalue weighted by Crippen LogP contribution is -2.37. The third kappa shape index (κ3) is 6.03. The van der Waals surface area contributed by atoms with Crippen molar-refractivity contribution in [1.29, 1.82) is 0 Å². The number of anilines is 5. The number of carbonyl (C=O) groups excluding carboxylic acids is 2. The quantitative estimate of drug-likeness (QED) is 0.329. The second-order valence-corrected chi connectivity index (χ2v) is 8.22. The van der Waals surface area contributed by atoms with Gasteiger partial charge in [0.15, 0.2) is 23.1 Å². The first kappa shape index (κ1) is 24.0. The van der Waals surface area contributed by atoms with Gasteiger partial charge in [-0.3, -0.25) is 14.8 Å². The van der Waals surface area contributed by atoms with Gasteiger partial charge >= 0.3 is 6.09 Å². The average molecular weight is 480 g/mol. The average Bonchev–Trinajstić information content (AvgIpc) is 3.53. The molecule has 12 nitrogen and oxygen atoms in total. The van der Waals surface area contributed by atoms with E-state index in [0.29, 0.717) is 29.6 Å². The van der Waals surface area contributed by atoms with E-state index < -0.39 is 6.09 Å². The fraction of sp³-hybridized carbons (Fsp3) is 0.348. The maximum Gasteiger partial charge on any atom is 0.413 e. The summed E-state index contributed by atoms with van der Waals surface area (Å²) in [5.41, 5.74) is 2.27. The van der Waals surface area contributed by atoms with Crippen LogP contribution >= 0.6 is 0 Å². The molecule has 1 aliphatic heterocycles. The number of H-pyrrole nitrogens is 1. The Morgan fingerprint density at radius 1 is 1.23 bits per heavy atom. The molecule has 1 aliphatic rings. The minimum absolute atomic E-state index is 0.151. The maximum absolute atomic E-state index is 13.0. The molecule has 35 heavy (non-hydrogen) atoms. The molecule has 1 saturated heterocycles. The monoisotopic (exact) mass is 479 g/mol. The standard InChI is InChI=1S/C23H29N9O3/c1-14-10-18(31-30-14)28-19-13-25-20(22(33)26-12-16-7-5-9-24-16)21(29-19)27-15-6-4-8-17(11-15)32(2)23(34)35-3/h4,6,8,10-11,13,16,24H,5,7,9,12H2,1-3H3,(H,26,33)(H3,27,28,29,30,31). The molecule has 2 aromatic heterocycles. The third-order valence-electron chi connectivity index (χ3n) is 5.57. The van der Waals surface area contributed by atoms with Crippen molar-refractivity contribution in [3.05, 3.63) is 47.9 Å². The number of aromatic nitrogens is 4. The molecule has 5 N–H and O–H groups in total. The van der Waals surface area contributed by atoms with Gasteiger partial charge in [-0.2, -0.15) is 5.10 Å². The lowest BCUT2D eigenvalue weighted by Gasteiger charge is -2.17. The zero-order chi connectivity index (χ0) is 24.8. The van der Waals surface area contributed by atoms with Crippen molar-refractivity contribution in [2.75, 3.05) is 42.8 Å². The predicted molar refractivity (Wildman–Crippen MR) is 133 cm³/mol. The number of aryl methyl sites for hydroxylation is 1. The van der Waals surface area contributed by atoms with E-state index in [1.807, 2.05) is 13.0 Å². The molecule has 3 heterocycles. The first-order valence-electron chi connectivity index (χ1n) is 11.3. The van der Waals surface area contributed by atoms with Crippen molar-refractivity contribution < 1.29 is 14.3 Å². The largest absolute Gasteiger partial charge is 0.452 e. The van der Waals surface area contributed by atoms with Gasteiger partial charge in [0.1, 0.15) is 0 Å². The highest BCUT2D eigenvalue weighted by Crippen LogP contribution is 2.25.